The number of benzene rings is 1. The second kappa shape index (κ2) is 9.67. The Hall–Kier alpha value is -3.68. The standard InChI is InChI=1S/C26H25F3N4O/c1-16(2)23-21-15-20(34-12-4-5-18-6-9-30-10-7-18)13-17(3)24(21)33-25(32-23)22-14-19(8-11-31-22)26(27,28)29/h6-11,13-15H,4-5,12H2,1-3H3,(H,32,33). The number of allylic oxidation sites excluding steroid dienone is 1. The van der Waals surface area contributed by atoms with E-state index in [0.29, 0.717) is 12.3 Å². The van der Waals surface area contributed by atoms with Gasteiger partial charge in [0.2, 0.25) is 0 Å². The van der Waals surface area contributed by atoms with Crippen LogP contribution < -0.4 is 10.1 Å². The van der Waals surface area contributed by atoms with Crippen LogP contribution in [0.2, 0.25) is 0 Å². The number of halogens is 3. The lowest BCUT2D eigenvalue weighted by molar-refractivity contribution is -0.137. The van der Waals surface area contributed by atoms with Crippen LogP contribution in [0.3, 0.4) is 0 Å². The van der Waals surface area contributed by atoms with Gasteiger partial charge in [0.15, 0.2) is 5.84 Å². The first kappa shape index (κ1) is 23.5. The van der Waals surface area contributed by atoms with Gasteiger partial charge in [0, 0.05) is 24.2 Å². The Labute approximate surface area is 196 Å². The van der Waals surface area contributed by atoms with Gasteiger partial charge in [0.05, 0.1) is 23.6 Å². The molecule has 34 heavy (non-hydrogen) atoms. The second-order valence-electron chi connectivity index (χ2n) is 8.33. The molecule has 2 aromatic heterocycles. The third-order valence-corrected chi connectivity index (χ3v) is 5.46. The number of nitrogens with one attached hydrogen (secondary N) is 1. The molecule has 5 nitrogen and oxygen atoms in total. The van der Waals surface area contributed by atoms with Crippen molar-refractivity contribution in [2.45, 2.75) is 39.8 Å². The summed E-state index contributed by atoms with van der Waals surface area (Å²) in [5.74, 6) is 1.01. The van der Waals surface area contributed by atoms with Gasteiger partial charge in [-0.15, -0.1) is 0 Å². The number of amidine groups is 1. The molecule has 1 aromatic carbocycles. The molecule has 0 aliphatic carbocycles. The molecule has 0 atom stereocenters. The van der Waals surface area contributed by atoms with Crippen molar-refractivity contribution in [3.05, 3.63) is 88.5 Å². The molecule has 1 N–H and O–H groups in total. The lowest BCUT2D eigenvalue weighted by Crippen LogP contribution is -2.22. The van der Waals surface area contributed by atoms with Gasteiger partial charge < -0.3 is 10.1 Å². The lowest BCUT2D eigenvalue weighted by atomic mass is 9.99. The van der Waals surface area contributed by atoms with Gasteiger partial charge in [-0.2, -0.15) is 13.2 Å². The summed E-state index contributed by atoms with van der Waals surface area (Å²) in [5, 5.41) is 3.19. The minimum atomic E-state index is -4.45. The average Bonchev–Trinajstić information content (AvgIpc) is 2.81. The lowest BCUT2D eigenvalue weighted by Gasteiger charge is -2.24. The molecule has 176 valence electrons. The molecule has 4 rings (SSSR count). The Bertz CT molecular complexity index is 1250. The highest BCUT2D eigenvalue weighted by Gasteiger charge is 2.31. The van der Waals surface area contributed by atoms with Gasteiger partial charge in [-0.3, -0.25) is 9.97 Å². The molecule has 1 aliphatic rings. The van der Waals surface area contributed by atoms with E-state index in [4.69, 9.17) is 4.74 Å². The first-order valence-electron chi connectivity index (χ1n) is 11.0. The van der Waals surface area contributed by atoms with Crippen molar-refractivity contribution in [1.29, 1.82) is 0 Å². The summed E-state index contributed by atoms with van der Waals surface area (Å²) < 4.78 is 45.6. The highest BCUT2D eigenvalue weighted by Crippen LogP contribution is 2.38. The van der Waals surface area contributed by atoms with Crippen molar-refractivity contribution in [2.75, 3.05) is 11.9 Å². The Morgan fingerprint density at radius 3 is 2.50 bits per heavy atom. The van der Waals surface area contributed by atoms with Crippen LogP contribution in [0.15, 0.2) is 65.6 Å². The van der Waals surface area contributed by atoms with Gasteiger partial charge in [-0.1, -0.05) is 0 Å². The van der Waals surface area contributed by atoms with Gasteiger partial charge in [0.1, 0.15) is 11.4 Å². The summed E-state index contributed by atoms with van der Waals surface area (Å²) >= 11 is 0. The monoisotopic (exact) mass is 466 g/mol. The van der Waals surface area contributed by atoms with Crippen molar-refractivity contribution in [2.24, 2.45) is 4.99 Å². The average molecular weight is 467 g/mol. The largest absolute Gasteiger partial charge is 0.494 e. The van der Waals surface area contributed by atoms with Crippen molar-refractivity contribution in [1.82, 2.24) is 9.97 Å². The third-order valence-electron chi connectivity index (χ3n) is 5.46. The number of rotatable bonds is 6. The summed E-state index contributed by atoms with van der Waals surface area (Å²) in [6.45, 7) is 6.33. The maximum absolute atomic E-state index is 13.2. The molecule has 1 aliphatic heterocycles. The van der Waals surface area contributed by atoms with Gasteiger partial charge >= 0.3 is 6.18 Å². The second-order valence-corrected chi connectivity index (χ2v) is 8.33. The predicted octanol–water partition coefficient (Wildman–Crippen LogP) is 6.44. The van der Waals surface area contributed by atoms with E-state index in [1.54, 1.807) is 12.4 Å². The van der Waals surface area contributed by atoms with E-state index in [0.717, 1.165) is 59.3 Å². The smallest absolute Gasteiger partial charge is 0.416 e. The zero-order chi connectivity index (χ0) is 24.3. The number of anilines is 1. The topological polar surface area (TPSA) is 59.4 Å². The molecule has 8 heteroatoms. The molecule has 0 fully saturated rings. The number of nitrogens with zero attached hydrogens (tertiary/aromatic N) is 3. The fourth-order valence-corrected chi connectivity index (χ4v) is 3.76. The fourth-order valence-electron chi connectivity index (χ4n) is 3.76. The molecule has 0 spiro atoms. The summed E-state index contributed by atoms with van der Waals surface area (Å²) in [6, 6.07) is 9.78. The Morgan fingerprint density at radius 2 is 1.79 bits per heavy atom. The molecule has 0 amide bonds. The molecule has 3 aromatic rings. The number of aryl methyl sites for hydroxylation is 2. The Balaban J connectivity index is 1.57. The molecule has 0 saturated carbocycles. The summed E-state index contributed by atoms with van der Waals surface area (Å²) in [6.07, 6.45) is 2.00. The number of hydrogen-bond acceptors (Lipinski definition) is 5. The predicted molar refractivity (Wildman–Crippen MR) is 127 cm³/mol. The fraction of sp³-hybridized carbons (Fsp3) is 0.269. The van der Waals surface area contributed by atoms with Crippen LogP contribution in [0, 0.1) is 6.92 Å². The van der Waals surface area contributed by atoms with Crippen LogP contribution in [-0.2, 0) is 12.6 Å². The number of pyridine rings is 2. The zero-order valence-corrected chi connectivity index (χ0v) is 19.2. The van der Waals surface area contributed by atoms with Crippen LogP contribution in [0.25, 0.3) is 5.70 Å². The summed E-state index contributed by atoms with van der Waals surface area (Å²) in [7, 11) is 0. The van der Waals surface area contributed by atoms with E-state index < -0.39 is 11.7 Å². The van der Waals surface area contributed by atoms with Crippen molar-refractivity contribution in [3.8, 4) is 5.75 Å². The number of ether oxygens (including phenoxy) is 1. The highest BCUT2D eigenvalue weighted by atomic mass is 19.4. The molecule has 0 unspecified atom stereocenters. The van der Waals surface area contributed by atoms with Crippen molar-refractivity contribution >= 4 is 17.2 Å². The first-order valence-corrected chi connectivity index (χ1v) is 11.0. The van der Waals surface area contributed by atoms with Crippen molar-refractivity contribution in [3.63, 3.8) is 0 Å². The molecule has 0 bridgehead atoms. The van der Waals surface area contributed by atoms with E-state index in [1.807, 2.05) is 45.0 Å². The van der Waals surface area contributed by atoms with Crippen molar-refractivity contribution < 1.29 is 17.9 Å². The zero-order valence-electron chi connectivity index (χ0n) is 19.2. The third kappa shape index (κ3) is 5.27. The minimum Gasteiger partial charge on any atom is -0.494 e. The Morgan fingerprint density at radius 1 is 1.03 bits per heavy atom. The molecule has 0 saturated heterocycles. The van der Waals surface area contributed by atoms with E-state index in [9.17, 15) is 13.2 Å². The van der Waals surface area contributed by atoms with E-state index in [-0.39, 0.29) is 11.5 Å². The van der Waals surface area contributed by atoms with Gasteiger partial charge in [-0.05, 0) is 86.7 Å². The number of aliphatic imine (C=N–C) groups is 1. The number of hydrogen-bond donors (Lipinski definition) is 1. The van der Waals surface area contributed by atoms with Crippen LogP contribution >= 0.6 is 0 Å². The molecular formula is C26H25F3N4O. The number of fused-ring (bicyclic) bond motifs is 1. The summed E-state index contributed by atoms with van der Waals surface area (Å²) in [4.78, 5) is 12.8. The van der Waals surface area contributed by atoms with Gasteiger partial charge in [0.25, 0.3) is 0 Å². The molecule has 0 radical (unpaired) electrons. The van der Waals surface area contributed by atoms with Crippen LogP contribution in [-0.4, -0.2) is 22.4 Å². The normalized spacial score (nSPS) is 13.1. The molecular weight excluding hydrogens is 441 g/mol. The van der Waals surface area contributed by atoms with Crippen LogP contribution in [0.1, 0.15) is 48.2 Å². The number of aromatic nitrogens is 2. The molecule has 3 heterocycles. The van der Waals surface area contributed by atoms with Crippen LogP contribution in [0.4, 0.5) is 18.9 Å². The van der Waals surface area contributed by atoms with Gasteiger partial charge in [-0.25, -0.2) is 4.99 Å². The van der Waals surface area contributed by atoms with E-state index in [1.165, 1.54) is 5.56 Å². The summed E-state index contributed by atoms with van der Waals surface area (Å²) in [5.41, 5.74) is 4.73. The first-order chi connectivity index (χ1) is 16.2. The highest BCUT2D eigenvalue weighted by molar-refractivity contribution is 6.13. The quantitative estimate of drug-likeness (QED) is 0.425. The maximum Gasteiger partial charge on any atom is 0.416 e. The number of alkyl halides is 3. The Kier molecular flexibility index (Phi) is 6.68. The van der Waals surface area contributed by atoms with Crippen LogP contribution in [0.5, 0.6) is 5.75 Å². The van der Waals surface area contributed by atoms with E-state index in [2.05, 4.69) is 20.3 Å². The maximum atomic E-state index is 13.2. The SMILES string of the molecule is CC(C)=C1N=C(c2cc(C(F)(F)F)ccn2)Nc2c(C)cc(OCCCc3ccncc3)cc21. The minimum absolute atomic E-state index is 0.134. The van der Waals surface area contributed by atoms with E-state index >= 15 is 0 Å².